The maximum atomic E-state index is 13.6. The number of nitrogens with zero attached hydrogens (tertiary/aromatic N) is 3. The van der Waals surface area contributed by atoms with Crippen molar-refractivity contribution in [3.05, 3.63) is 46.9 Å². The van der Waals surface area contributed by atoms with Crippen LogP contribution in [0.3, 0.4) is 0 Å². The standard InChI is InChI=1S/C18H22FN3O2/c1-12-3-5-15(11-16(12)19)18(23)22-9-7-14(8-10-22)4-6-17-20-13(2)24-21-17/h3,5,11,14H,4,6-10H2,1-2H3. The molecule has 3 rings (SSSR count). The number of hydrogen-bond donors (Lipinski definition) is 0. The molecule has 0 atom stereocenters. The van der Waals surface area contributed by atoms with E-state index < -0.39 is 0 Å². The van der Waals surface area contributed by atoms with Crippen molar-refractivity contribution in [2.45, 2.75) is 39.5 Å². The first-order valence-corrected chi connectivity index (χ1v) is 8.37. The molecule has 0 saturated carbocycles. The van der Waals surface area contributed by atoms with Gasteiger partial charge in [-0.05, 0) is 49.8 Å². The van der Waals surface area contributed by atoms with Gasteiger partial charge in [-0.15, -0.1) is 0 Å². The van der Waals surface area contributed by atoms with Crippen molar-refractivity contribution in [3.63, 3.8) is 0 Å². The lowest BCUT2D eigenvalue weighted by Gasteiger charge is -2.32. The van der Waals surface area contributed by atoms with Gasteiger partial charge in [0.25, 0.3) is 5.91 Å². The molecule has 1 aliphatic rings. The lowest BCUT2D eigenvalue weighted by Crippen LogP contribution is -2.38. The minimum Gasteiger partial charge on any atom is -0.340 e. The number of rotatable bonds is 4. The zero-order chi connectivity index (χ0) is 17.1. The Labute approximate surface area is 140 Å². The molecule has 2 aromatic rings. The molecule has 1 aromatic heterocycles. The third-order valence-corrected chi connectivity index (χ3v) is 4.67. The number of amides is 1. The molecule has 0 spiro atoms. The average molecular weight is 331 g/mol. The topological polar surface area (TPSA) is 59.2 Å². The fourth-order valence-corrected chi connectivity index (χ4v) is 3.11. The first-order chi connectivity index (χ1) is 11.5. The lowest BCUT2D eigenvalue weighted by molar-refractivity contribution is 0.0686. The molecule has 0 aliphatic carbocycles. The average Bonchev–Trinajstić information content (AvgIpc) is 3.01. The number of halogens is 1. The predicted molar refractivity (Wildman–Crippen MR) is 87.1 cm³/mol. The summed E-state index contributed by atoms with van der Waals surface area (Å²) in [6.45, 7) is 4.91. The van der Waals surface area contributed by atoms with Gasteiger partial charge in [0.1, 0.15) is 5.82 Å². The summed E-state index contributed by atoms with van der Waals surface area (Å²) in [6, 6.07) is 4.69. The largest absolute Gasteiger partial charge is 0.340 e. The molecule has 24 heavy (non-hydrogen) atoms. The molecular formula is C18H22FN3O2. The number of likely N-dealkylation sites (tertiary alicyclic amines) is 1. The summed E-state index contributed by atoms with van der Waals surface area (Å²) in [5.74, 6) is 1.49. The van der Waals surface area contributed by atoms with E-state index in [-0.39, 0.29) is 11.7 Å². The zero-order valence-electron chi connectivity index (χ0n) is 14.1. The highest BCUT2D eigenvalue weighted by Crippen LogP contribution is 2.23. The summed E-state index contributed by atoms with van der Waals surface area (Å²) in [5, 5.41) is 3.91. The summed E-state index contributed by atoms with van der Waals surface area (Å²) in [6.07, 6.45) is 3.72. The van der Waals surface area contributed by atoms with Gasteiger partial charge in [0.2, 0.25) is 5.89 Å². The smallest absolute Gasteiger partial charge is 0.253 e. The molecule has 0 radical (unpaired) electrons. The van der Waals surface area contributed by atoms with Crippen LogP contribution in [0.4, 0.5) is 4.39 Å². The maximum Gasteiger partial charge on any atom is 0.253 e. The van der Waals surface area contributed by atoms with E-state index in [1.165, 1.54) is 6.07 Å². The molecule has 0 unspecified atom stereocenters. The second-order valence-electron chi connectivity index (χ2n) is 6.47. The highest BCUT2D eigenvalue weighted by molar-refractivity contribution is 5.94. The van der Waals surface area contributed by atoms with E-state index in [1.807, 2.05) is 4.90 Å². The third kappa shape index (κ3) is 3.80. The fourth-order valence-electron chi connectivity index (χ4n) is 3.11. The van der Waals surface area contributed by atoms with Crippen LogP contribution < -0.4 is 0 Å². The Morgan fingerprint density at radius 3 is 2.71 bits per heavy atom. The van der Waals surface area contributed by atoms with Crippen molar-refractivity contribution in [1.29, 1.82) is 0 Å². The van der Waals surface area contributed by atoms with Crippen LogP contribution >= 0.6 is 0 Å². The summed E-state index contributed by atoms with van der Waals surface area (Å²) in [5.41, 5.74) is 0.987. The van der Waals surface area contributed by atoms with E-state index in [0.717, 1.165) is 31.5 Å². The van der Waals surface area contributed by atoms with E-state index in [2.05, 4.69) is 10.1 Å². The van der Waals surface area contributed by atoms with Crippen LogP contribution in [0.25, 0.3) is 0 Å². The molecule has 6 heteroatoms. The maximum absolute atomic E-state index is 13.6. The molecule has 1 aliphatic heterocycles. The minimum absolute atomic E-state index is 0.0823. The Balaban J connectivity index is 1.50. The molecule has 1 saturated heterocycles. The Hall–Kier alpha value is -2.24. The molecule has 0 N–H and O–H groups in total. The molecule has 0 bridgehead atoms. The van der Waals surface area contributed by atoms with Crippen LogP contribution in [0.2, 0.25) is 0 Å². The number of aryl methyl sites for hydroxylation is 3. The monoisotopic (exact) mass is 331 g/mol. The molecular weight excluding hydrogens is 309 g/mol. The van der Waals surface area contributed by atoms with Crippen molar-refractivity contribution in [1.82, 2.24) is 15.0 Å². The predicted octanol–water partition coefficient (Wildman–Crippen LogP) is 3.31. The first kappa shape index (κ1) is 16.6. The van der Waals surface area contributed by atoms with Crippen molar-refractivity contribution in [2.75, 3.05) is 13.1 Å². The van der Waals surface area contributed by atoms with Gasteiger partial charge < -0.3 is 9.42 Å². The van der Waals surface area contributed by atoms with Crippen LogP contribution in [0.5, 0.6) is 0 Å². The van der Waals surface area contributed by atoms with Crippen LogP contribution in [0, 0.1) is 25.6 Å². The Bertz CT molecular complexity index is 721. The molecule has 1 fully saturated rings. The second-order valence-corrected chi connectivity index (χ2v) is 6.47. The number of aromatic nitrogens is 2. The van der Waals surface area contributed by atoms with Gasteiger partial charge in [-0.2, -0.15) is 4.98 Å². The van der Waals surface area contributed by atoms with Gasteiger partial charge in [-0.3, -0.25) is 4.79 Å². The molecule has 2 heterocycles. The quantitative estimate of drug-likeness (QED) is 0.862. The van der Waals surface area contributed by atoms with Crippen molar-refractivity contribution < 1.29 is 13.7 Å². The normalized spacial score (nSPS) is 15.7. The summed E-state index contributed by atoms with van der Waals surface area (Å²) in [7, 11) is 0. The SMILES string of the molecule is Cc1nc(CCC2CCN(C(=O)c3ccc(C)c(F)c3)CC2)no1. The van der Waals surface area contributed by atoms with Gasteiger partial charge in [0, 0.05) is 32.0 Å². The highest BCUT2D eigenvalue weighted by Gasteiger charge is 2.24. The van der Waals surface area contributed by atoms with Gasteiger partial charge in [-0.1, -0.05) is 11.2 Å². The number of piperidine rings is 1. The van der Waals surface area contributed by atoms with Crippen molar-refractivity contribution in [2.24, 2.45) is 5.92 Å². The molecule has 1 amide bonds. The van der Waals surface area contributed by atoms with Gasteiger partial charge in [-0.25, -0.2) is 4.39 Å². The van der Waals surface area contributed by atoms with Gasteiger partial charge in [0.05, 0.1) is 0 Å². The van der Waals surface area contributed by atoms with E-state index in [0.29, 0.717) is 36.0 Å². The lowest BCUT2D eigenvalue weighted by atomic mass is 9.91. The van der Waals surface area contributed by atoms with E-state index >= 15 is 0 Å². The van der Waals surface area contributed by atoms with Gasteiger partial charge >= 0.3 is 0 Å². The van der Waals surface area contributed by atoms with E-state index in [1.54, 1.807) is 26.0 Å². The fraction of sp³-hybridized carbons (Fsp3) is 0.500. The Morgan fingerprint density at radius 1 is 1.33 bits per heavy atom. The number of carbonyl (C=O) groups excluding carboxylic acids is 1. The third-order valence-electron chi connectivity index (χ3n) is 4.67. The van der Waals surface area contributed by atoms with Crippen molar-refractivity contribution >= 4 is 5.91 Å². The Kier molecular flexibility index (Phi) is 4.92. The summed E-state index contributed by atoms with van der Waals surface area (Å²) >= 11 is 0. The number of carbonyl (C=O) groups is 1. The summed E-state index contributed by atoms with van der Waals surface area (Å²) in [4.78, 5) is 18.5. The minimum atomic E-state index is -0.328. The second kappa shape index (κ2) is 7.11. The van der Waals surface area contributed by atoms with Crippen LogP contribution in [-0.2, 0) is 6.42 Å². The van der Waals surface area contributed by atoms with E-state index in [9.17, 15) is 9.18 Å². The molecule has 128 valence electrons. The first-order valence-electron chi connectivity index (χ1n) is 8.37. The highest BCUT2D eigenvalue weighted by atomic mass is 19.1. The van der Waals surface area contributed by atoms with Gasteiger partial charge in [0.15, 0.2) is 5.82 Å². The van der Waals surface area contributed by atoms with Crippen LogP contribution in [-0.4, -0.2) is 34.0 Å². The Morgan fingerprint density at radius 2 is 2.08 bits per heavy atom. The molecule has 5 nitrogen and oxygen atoms in total. The zero-order valence-corrected chi connectivity index (χ0v) is 14.1. The van der Waals surface area contributed by atoms with Crippen LogP contribution in [0.15, 0.2) is 22.7 Å². The van der Waals surface area contributed by atoms with E-state index in [4.69, 9.17) is 4.52 Å². The molecule has 1 aromatic carbocycles. The summed E-state index contributed by atoms with van der Waals surface area (Å²) < 4.78 is 18.6. The van der Waals surface area contributed by atoms with Crippen LogP contribution in [0.1, 0.15) is 46.9 Å². The number of hydrogen-bond acceptors (Lipinski definition) is 4. The number of benzene rings is 1. The van der Waals surface area contributed by atoms with Crippen molar-refractivity contribution in [3.8, 4) is 0 Å².